The number of hydrogen-bond acceptors (Lipinski definition) is 2. The lowest BCUT2D eigenvalue weighted by Crippen LogP contribution is -2.28. The Morgan fingerprint density at radius 3 is 2.33 bits per heavy atom. The maximum absolute atomic E-state index is 12.6. The second-order valence-corrected chi connectivity index (χ2v) is 6.95. The second-order valence-electron chi connectivity index (χ2n) is 4.83. The van der Waals surface area contributed by atoms with E-state index in [-0.39, 0.29) is 5.78 Å². The number of aryl methyl sites for hydroxylation is 1. The van der Waals surface area contributed by atoms with Gasteiger partial charge in [-0.3, -0.25) is 4.79 Å². The summed E-state index contributed by atoms with van der Waals surface area (Å²) in [6.07, 6.45) is 0. The normalized spacial score (nSPS) is 11.6. The Morgan fingerprint density at radius 2 is 1.83 bits per heavy atom. The van der Waals surface area contributed by atoms with E-state index in [4.69, 9.17) is 0 Å². The average Bonchev–Trinajstić information content (AvgIpc) is 2.69. The number of thiophene rings is 1. The van der Waals surface area contributed by atoms with Gasteiger partial charge < -0.3 is 0 Å². The van der Waals surface area contributed by atoms with E-state index in [0.717, 1.165) is 19.8 Å². The molecule has 0 N–H and O–H groups in total. The standard InChI is InChI=1S/C15H15BrOS/c1-10-12(16)9-13(18-10)14(17)15(2,3)11-7-5-4-6-8-11/h4-9H,1-3H3. The molecule has 0 aliphatic carbocycles. The molecule has 0 aliphatic rings. The Morgan fingerprint density at radius 1 is 1.22 bits per heavy atom. The molecule has 0 saturated carbocycles. The van der Waals surface area contributed by atoms with E-state index in [9.17, 15) is 4.79 Å². The molecule has 0 aliphatic heterocycles. The van der Waals surface area contributed by atoms with E-state index in [0.29, 0.717) is 0 Å². The molecule has 0 atom stereocenters. The Balaban J connectivity index is 2.39. The molecule has 1 heterocycles. The summed E-state index contributed by atoms with van der Waals surface area (Å²) in [4.78, 5) is 14.6. The minimum Gasteiger partial charge on any atom is -0.292 e. The third kappa shape index (κ3) is 2.43. The van der Waals surface area contributed by atoms with Crippen molar-refractivity contribution in [1.82, 2.24) is 0 Å². The number of Topliss-reactive ketones (excluding diaryl/α,β-unsaturated/α-hetero) is 1. The van der Waals surface area contributed by atoms with Crippen LogP contribution in [0.25, 0.3) is 0 Å². The molecule has 0 unspecified atom stereocenters. The molecule has 1 aromatic heterocycles. The lowest BCUT2D eigenvalue weighted by molar-refractivity contribution is 0.0913. The molecule has 0 radical (unpaired) electrons. The minimum absolute atomic E-state index is 0.174. The van der Waals surface area contributed by atoms with Crippen molar-refractivity contribution in [2.75, 3.05) is 0 Å². The summed E-state index contributed by atoms with van der Waals surface area (Å²) in [6.45, 7) is 5.97. The lowest BCUT2D eigenvalue weighted by atomic mass is 9.80. The van der Waals surface area contributed by atoms with E-state index >= 15 is 0 Å². The van der Waals surface area contributed by atoms with Gasteiger partial charge in [-0.25, -0.2) is 0 Å². The molecule has 0 saturated heterocycles. The molecule has 0 fully saturated rings. The number of ketones is 1. The predicted octanol–water partition coefficient (Wildman–Crippen LogP) is 4.98. The van der Waals surface area contributed by atoms with Gasteiger partial charge in [-0.2, -0.15) is 0 Å². The lowest BCUT2D eigenvalue weighted by Gasteiger charge is -2.22. The van der Waals surface area contributed by atoms with Crippen LogP contribution in [0.3, 0.4) is 0 Å². The molecule has 1 aromatic carbocycles. The smallest absolute Gasteiger partial charge is 0.182 e. The molecular weight excluding hydrogens is 308 g/mol. The molecule has 0 bridgehead atoms. The average molecular weight is 323 g/mol. The van der Waals surface area contributed by atoms with Crippen LogP contribution in [-0.2, 0) is 5.41 Å². The SMILES string of the molecule is Cc1sc(C(=O)C(C)(C)c2ccccc2)cc1Br. The zero-order valence-electron chi connectivity index (χ0n) is 10.7. The summed E-state index contributed by atoms with van der Waals surface area (Å²) < 4.78 is 1.01. The van der Waals surface area contributed by atoms with Gasteiger partial charge in [-0.05, 0) is 48.3 Å². The van der Waals surface area contributed by atoms with Crippen LogP contribution in [0, 0.1) is 6.92 Å². The number of carbonyl (C=O) groups is 1. The van der Waals surface area contributed by atoms with E-state index < -0.39 is 5.41 Å². The maximum Gasteiger partial charge on any atom is 0.182 e. The zero-order chi connectivity index (χ0) is 13.3. The summed E-state index contributed by atoms with van der Waals surface area (Å²) in [6, 6.07) is 11.9. The molecule has 18 heavy (non-hydrogen) atoms. The molecule has 0 amide bonds. The van der Waals surface area contributed by atoms with Crippen LogP contribution in [0.1, 0.15) is 34.0 Å². The van der Waals surface area contributed by atoms with Gasteiger partial charge in [-0.1, -0.05) is 30.3 Å². The summed E-state index contributed by atoms with van der Waals surface area (Å²) in [5, 5.41) is 0. The Labute approximate surface area is 120 Å². The maximum atomic E-state index is 12.6. The minimum atomic E-state index is -0.488. The predicted molar refractivity (Wildman–Crippen MR) is 80.6 cm³/mol. The molecular formula is C15H15BrOS. The number of halogens is 1. The Bertz CT molecular complexity index is 550. The Kier molecular flexibility index (Phi) is 3.74. The van der Waals surface area contributed by atoms with Crippen molar-refractivity contribution in [3.8, 4) is 0 Å². The highest BCUT2D eigenvalue weighted by Crippen LogP contribution is 2.33. The van der Waals surface area contributed by atoms with Gasteiger partial charge >= 0.3 is 0 Å². The highest BCUT2D eigenvalue weighted by molar-refractivity contribution is 9.10. The van der Waals surface area contributed by atoms with Crippen LogP contribution in [0.15, 0.2) is 40.9 Å². The third-order valence-electron chi connectivity index (χ3n) is 3.14. The van der Waals surface area contributed by atoms with Crippen molar-refractivity contribution >= 4 is 33.0 Å². The summed E-state index contributed by atoms with van der Waals surface area (Å²) in [5.74, 6) is 0.174. The summed E-state index contributed by atoms with van der Waals surface area (Å²) in [7, 11) is 0. The van der Waals surface area contributed by atoms with Crippen molar-refractivity contribution in [3.05, 3.63) is 56.2 Å². The first-order chi connectivity index (χ1) is 8.43. The molecule has 0 spiro atoms. The first-order valence-corrected chi connectivity index (χ1v) is 7.40. The van der Waals surface area contributed by atoms with Gasteiger partial charge in [0.05, 0.1) is 10.3 Å². The fourth-order valence-corrected chi connectivity index (χ4v) is 3.50. The van der Waals surface area contributed by atoms with Gasteiger partial charge in [0.15, 0.2) is 5.78 Å². The Hall–Kier alpha value is -0.930. The molecule has 2 rings (SSSR count). The van der Waals surface area contributed by atoms with Crippen LogP contribution in [0.5, 0.6) is 0 Å². The molecule has 1 nitrogen and oxygen atoms in total. The fraction of sp³-hybridized carbons (Fsp3) is 0.267. The number of benzene rings is 1. The van der Waals surface area contributed by atoms with Crippen LogP contribution in [0.2, 0.25) is 0 Å². The number of hydrogen-bond donors (Lipinski definition) is 0. The molecule has 3 heteroatoms. The van der Waals surface area contributed by atoms with Crippen molar-refractivity contribution < 1.29 is 4.79 Å². The van der Waals surface area contributed by atoms with Crippen molar-refractivity contribution in [2.24, 2.45) is 0 Å². The van der Waals surface area contributed by atoms with Crippen LogP contribution < -0.4 is 0 Å². The topological polar surface area (TPSA) is 17.1 Å². The van der Waals surface area contributed by atoms with Gasteiger partial charge in [0, 0.05) is 9.35 Å². The van der Waals surface area contributed by atoms with Crippen LogP contribution >= 0.6 is 27.3 Å². The first kappa shape index (κ1) is 13.5. The van der Waals surface area contributed by atoms with Gasteiger partial charge in [0.1, 0.15) is 0 Å². The quantitative estimate of drug-likeness (QED) is 0.728. The monoisotopic (exact) mass is 322 g/mol. The van der Waals surface area contributed by atoms with Crippen molar-refractivity contribution in [2.45, 2.75) is 26.2 Å². The van der Waals surface area contributed by atoms with E-state index in [2.05, 4.69) is 15.9 Å². The van der Waals surface area contributed by atoms with Gasteiger partial charge in [0.25, 0.3) is 0 Å². The second kappa shape index (κ2) is 4.98. The van der Waals surface area contributed by atoms with Crippen LogP contribution in [0.4, 0.5) is 0 Å². The molecule has 2 aromatic rings. The zero-order valence-corrected chi connectivity index (χ0v) is 13.1. The third-order valence-corrected chi connectivity index (χ3v) is 5.28. The van der Waals surface area contributed by atoms with E-state index in [1.54, 1.807) is 11.3 Å². The fourth-order valence-electron chi connectivity index (χ4n) is 1.87. The number of rotatable bonds is 3. The van der Waals surface area contributed by atoms with Gasteiger partial charge in [0.2, 0.25) is 0 Å². The van der Waals surface area contributed by atoms with Crippen molar-refractivity contribution in [1.29, 1.82) is 0 Å². The highest BCUT2D eigenvalue weighted by Gasteiger charge is 2.31. The van der Waals surface area contributed by atoms with Crippen LogP contribution in [-0.4, -0.2) is 5.78 Å². The first-order valence-electron chi connectivity index (χ1n) is 5.79. The van der Waals surface area contributed by atoms with E-state index in [1.807, 2.05) is 57.2 Å². The van der Waals surface area contributed by atoms with E-state index in [1.165, 1.54) is 0 Å². The summed E-state index contributed by atoms with van der Waals surface area (Å²) >= 11 is 5.01. The summed E-state index contributed by atoms with van der Waals surface area (Å²) in [5.41, 5.74) is 0.565. The highest BCUT2D eigenvalue weighted by atomic mass is 79.9. The number of carbonyl (C=O) groups excluding carboxylic acids is 1. The van der Waals surface area contributed by atoms with Gasteiger partial charge in [-0.15, -0.1) is 11.3 Å². The molecule has 94 valence electrons. The van der Waals surface area contributed by atoms with Crippen molar-refractivity contribution in [3.63, 3.8) is 0 Å². The largest absolute Gasteiger partial charge is 0.292 e.